The summed E-state index contributed by atoms with van der Waals surface area (Å²) in [5.41, 5.74) is 1.26. The molecule has 0 fully saturated rings. The normalized spacial score (nSPS) is 12.3. The molecule has 8 heteroatoms. The number of aromatic nitrogens is 1. The van der Waals surface area contributed by atoms with Crippen molar-refractivity contribution in [3.8, 4) is 22.8 Å². The summed E-state index contributed by atoms with van der Waals surface area (Å²) in [4.78, 5) is 29.1. The zero-order valence-electron chi connectivity index (χ0n) is 14.3. The number of anilines is 1. The van der Waals surface area contributed by atoms with Crippen LogP contribution in [0.25, 0.3) is 22.2 Å². The Hall–Kier alpha value is -3.65. The number of fused-ring (bicyclic) bond motifs is 2. The Kier molecular flexibility index (Phi) is 3.84. The second-order valence-corrected chi connectivity index (χ2v) is 6.90. The molecular formula is C20H12N2O5S. The van der Waals surface area contributed by atoms with Gasteiger partial charge in [0, 0.05) is 16.3 Å². The van der Waals surface area contributed by atoms with Crippen LogP contribution >= 0.6 is 11.3 Å². The molecule has 1 N–H and O–H groups in total. The van der Waals surface area contributed by atoms with Gasteiger partial charge in [-0.2, -0.15) is 0 Å². The molecule has 2 aromatic carbocycles. The van der Waals surface area contributed by atoms with Crippen LogP contribution in [0.2, 0.25) is 0 Å². The van der Waals surface area contributed by atoms with E-state index in [0.29, 0.717) is 39.0 Å². The lowest BCUT2D eigenvalue weighted by molar-refractivity contribution is 0.102. The highest BCUT2D eigenvalue weighted by Gasteiger charge is 2.18. The number of ether oxygens (including phenoxy) is 2. The molecule has 2 aromatic heterocycles. The van der Waals surface area contributed by atoms with Crippen molar-refractivity contribution in [3.63, 3.8) is 0 Å². The number of hydrogen-bond acceptors (Lipinski definition) is 7. The Morgan fingerprint density at radius 2 is 1.93 bits per heavy atom. The smallest absolute Gasteiger partial charge is 0.345 e. The van der Waals surface area contributed by atoms with E-state index in [4.69, 9.17) is 13.9 Å². The lowest BCUT2D eigenvalue weighted by Gasteiger charge is -2.03. The van der Waals surface area contributed by atoms with Crippen molar-refractivity contribution in [3.05, 3.63) is 69.9 Å². The maximum atomic E-state index is 12.5. The van der Waals surface area contributed by atoms with Crippen LogP contribution in [0.3, 0.4) is 0 Å². The van der Waals surface area contributed by atoms with Crippen LogP contribution < -0.4 is 20.4 Å². The maximum absolute atomic E-state index is 12.5. The summed E-state index contributed by atoms with van der Waals surface area (Å²) in [7, 11) is 0. The van der Waals surface area contributed by atoms with Crippen LogP contribution in [0.15, 0.2) is 63.1 Å². The molecule has 0 unspecified atom stereocenters. The molecule has 1 amide bonds. The fourth-order valence-electron chi connectivity index (χ4n) is 2.90. The third kappa shape index (κ3) is 2.89. The topological polar surface area (TPSA) is 90.7 Å². The van der Waals surface area contributed by atoms with Gasteiger partial charge in [0.15, 0.2) is 16.6 Å². The first kappa shape index (κ1) is 16.5. The van der Waals surface area contributed by atoms with Crippen molar-refractivity contribution in [2.75, 3.05) is 12.1 Å². The summed E-state index contributed by atoms with van der Waals surface area (Å²) in [6.07, 6.45) is 0. The van der Waals surface area contributed by atoms with Crippen LogP contribution in [-0.4, -0.2) is 17.7 Å². The minimum Gasteiger partial charge on any atom is -0.454 e. The molecule has 0 atom stereocenters. The average Bonchev–Trinajstić information content (AvgIpc) is 3.36. The molecule has 0 saturated carbocycles. The van der Waals surface area contributed by atoms with E-state index >= 15 is 0 Å². The van der Waals surface area contributed by atoms with Gasteiger partial charge in [0.25, 0.3) is 5.91 Å². The minimum absolute atomic E-state index is 0.143. The van der Waals surface area contributed by atoms with Crippen molar-refractivity contribution < 1.29 is 18.7 Å². The van der Waals surface area contributed by atoms with Crippen molar-refractivity contribution in [2.45, 2.75) is 0 Å². The van der Waals surface area contributed by atoms with Crippen LogP contribution in [0.1, 0.15) is 10.4 Å². The number of amides is 1. The van der Waals surface area contributed by atoms with E-state index in [0.717, 1.165) is 5.39 Å². The summed E-state index contributed by atoms with van der Waals surface area (Å²) < 4.78 is 15.9. The van der Waals surface area contributed by atoms with Gasteiger partial charge in [-0.3, -0.25) is 10.1 Å². The monoisotopic (exact) mass is 392 g/mol. The van der Waals surface area contributed by atoms with Crippen LogP contribution in [0.5, 0.6) is 11.5 Å². The molecule has 0 spiro atoms. The van der Waals surface area contributed by atoms with Gasteiger partial charge in [-0.1, -0.05) is 18.2 Å². The standard InChI is InChI=1S/C20H12N2O5S/c23-18(12-5-6-16-17(8-12)26-10-25-16)22-20-21-14(9-28-20)13-7-11-3-1-2-4-15(11)27-19(13)24/h1-9H,10H2,(H,21,22,23). The van der Waals surface area contributed by atoms with Crippen LogP contribution in [-0.2, 0) is 0 Å². The second kappa shape index (κ2) is 6.50. The molecule has 1 aliphatic rings. The summed E-state index contributed by atoms with van der Waals surface area (Å²) >= 11 is 1.23. The van der Waals surface area contributed by atoms with Crippen molar-refractivity contribution in [2.24, 2.45) is 0 Å². The Morgan fingerprint density at radius 1 is 1.07 bits per heavy atom. The maximum Gasteiger partial charge on any atom is 0.345 e. The molecule has 4 aromatic rings. The first-order chi connectivity index (χ1) is 13.7. The van der Waals surface area contributed by atoms with Gasteiger partial charge < -0.3 is 13.9 Å². The van der Waals surface area contributed by atoms with Crippen LogP contribution in [0, 0.1) is 0 Å². The molecule has 138 valence electrons. The Labute approximate surface area is 162 Å². The highest BCUT2D eigenvalue weighted by molar-refractivity contribution is 7.14. The number of thiazole rings is 1. The lowest BCUT2D eigenvalue weighted by atomic mass is 10.1. The van der Waals surface area contributed by atoms with Gasteiger partial charge in [0.2, 0.25) is 6.79 Å². The summed E-state index contributed by atoms with van der Waals surface area (Å²) in [6.45, 7) is 0.143. The van der Waals surface area contributed by atoms with Gasteiger partial charge in [-0.05, 0) is 30.3 Å². The largest absolute Gasteiger partial charge is 0.454 e. The first-order valence-electron chi connectivity index (χ1n) is 8.37. The zero-order valence-corrected chi connectivity index (χ0v) is 15.1. The van der Waals surface area contributed by atoms with Crippen molar-refractivity contribution in [1.82, 2.24) is 4.98 Å². The molecule has 0 aliphatic carbocycles. The van der Waals surface area contributed by atoms with E-state index in [1.54, 1.807) is 41.8 Å². The number of benzene rings is 2. The predicted molar refractivity (Wildman–Crippen MR) is 104 cm³/mol. The van der Waals surface area contributed by atoms with E-state index in [1.807, 2.05) is 12.1 Å². The number of para-hydroxylation sites is 1. The summed E-state index contributed by atoms with van der Waals surface area (Å²) in [6, 6.07) is 13.9. The van der Waals surface area contributed by atoms with Crippen molar-refractivity contribution >= 4 is 33.3 Å². The fourth-order valence-corrected chi connectivity index (χ4v) is 3.61. The SMILES string of the molecule is O=C(Nc1nc(-c2cc3ccccc3oc2=O)cs1)c1ccc2c(c1)OCO2. The predicted octanol–water partition coefficient (Wildman–Crippen LogP) is 3.90. The van der Waals surface area contributed by atoms with Crippen LogP contribution in [0.4, 0.5) is 5.13 Å². The number of nitrogens with zero attached hydrogens (tertiary/aromatic N) is 1. The molecule has 5 rings (SSSR count). The fraction of sp³-hybridized carbons (Fsp3) is 0.0500. The molecule has 0 saturated heterocycles. The molecule has 0 radical (unpaired) electrons. The van der Waals surface area contributed by atoms with E-state index < -0.39 is 5.63 Å². The number of carbonyl (C=O) groups excluding carboxylic acids is 1. The van der Waals surface area contributed by atoms with E-state index in [9.17, 15) is 9.59 Å². The molecule has 28 heavy (non-hydrogen) atoms. The highest BCUT2D eigenvalue weighted by Crippen LogP contribution is 2.33. The van der Waals surface area contributed by atoms with Gasteiger partial charge in [-0.25, -0.2) is 9.78 Å². The zero-order chi connectivity index (χ0) is 19.1. The quantitative estimate of drug-likeness (QED) is 0.532. The highest BCUT2D eigenvalue weighted by atomic mass is 32.1. The van der Waals surface area contributed by atoms with Gasteiger partial charge in [0.05, 0.1) is 11.3 Å². The van der Waals surface area contributed by atoms with Crippen molar-refractivity contribution in [1.29, 1.82) is 0 Å². The Morgan fingerprint density at radius 3 is 2.86 bits per heavy atom. The molecule has 1 aliphatic heterocycles. The van der Waals surface area contributed by atoms with E-state index in [2.05, 4.69) is 10.3 Å². The average molecular weight is 392 g/mol. The lowest BCUT2D eigenvalue weighted by Crippen LogP contribution is -2.11. The molecule has 7 nitrogen and oxygen atoms in total. The number of rotatable bonds is 3. The molecular weight excluding hydrogens is 380 g/mol. The van der Waals surface area contributed by atoms with Gasteiger partial charge in [-0.15, -0.1) is 11.3 Å². The number of carbonyl (C=O) groups is 1. The summed E-state index contributed by atoms with van der Waals surface area (Å²) in [5.74, 6) is 0.808. The number of nitrogens with one attached hydrogen (secondary N) is 1. The third-order valence-electron chi connectivity index (χ3n) is 4.28. The first-order valence-corrected chi connectivity index (χ1v) is 9.25. The Bertz CT molecular complexity index is 1280. The van der Waals surface area contributed by atoms with E-state index in [-0.39, 0.29) is 12.7 Å². The second-order valence-electron chi connectivity index (χ2n) is 6.05. The molecule has 3 heterocycles. The number of hydrogen-bond donors (Lipinski definition) is 1. The molecule has 0 bridgehead atoms. The van der Waals surface area contributed by atoms with Gasteiger partial charge in [0.1, 0.15) is 5.58 Å². The van der Waals surface area contributed by atoms with E-state index in [1.165, 1.54) is 11.3 Å². The Balaban J connectivity index is 1.41. The third-order valence-corrected chi connectivity index (χ3v) is 5.03. The minimum atomic E-state index is -0.474. The summed E-state index contributed by atoms with van der Waals surface area (Å²) in [5, 5.41) is 5.62. The van der Waals surface area contributed by atoms with Gasteiger partial charge >= 0.3 is 5.63 Å².